The zero-order chi connectivity index (χ0) is 14.0. The summed E-state index contributed by atoms with van der Waals surface area (Å²) >= 11 is 1.62. The van der Waals surface area contributed by atoms with Crippen molar-refractivity contribution >= 4 is 17.7 Å². The predicted octanol–water partition coefficient (Wildman–Crippen LogP) is 2.37. The van der Waals surface area contributed by atoms with Crippen molar-refractivity contribution < 1.29 is 13.9 Å². The van der Waals surface area contributed by atoms with Gasteiger partial charge >= 0.3 is 5.97 Å². The van der Waals surface area contributed by atoms with Crippen molar-refractivity contribution in [2.24, 2.45) is 0 Å². The molecular formula is C14H20N2O3S. The van der Waals surface area contributed by atoms with Crippen molar-refractivity contribution in [3.63, 3.8) is 0 Å². The minimum atomic E-state index is -0.499. The van der Waals surface area contributed by atoms with Crippen LogP contribution < -0.4 is 5.32 Å². The van der Waals surface area contributed by atoms with E-state index >= 15 is 0 Å². The lowest BCUT2D eigenvalue weighted by Crippen LogP contribution is -2.52. The van der Waals surface area contributed by atoms with Gasteiger partial charge in [-0.2, -0.15) is 0 Å². The Kier molecular flexibility index (Phi) is 4.03. The quantitative estimate of drug-likeness (QED) is 0.813. The summed E-state index contributed by atoms with van der Waals surface area (Å²) in [6.45, 7) is 2.29. The van der Waals surface area contributed by atoms with Gasteiger partial charge in [-0.05, 0) is 39.0 Å². The fraction of sp³-hybridized carbons (Fsp3) is 0.714. The molecule has 2 atom stereocenters. The van der Waals surface area contributed by atoms with Crippen molar-refractivity contribution in [1.29, 1.82) is 0 Å². The Morgan fingerprint density at radius 1 is 1.60 bits per heavy atom. The smallest absolute Gasteiger partial charge is 0.326 e. The van der Waals surface area contributed by atoms with Gasteiger partial charge in [-0.1, -0.05) is 11.8 Å². The van der Waals surface area contributed by atoms with E-state index in [1.165, 1.54) is 12.8 Å². The van der Waals surface area contributed by atoms with Gasteiger partial charge in [0.1, 0.15) is 11.8 Å². The Bertz CT molecular complexity index is 461. The topological polar surface area (TPSA) is 64.4 Å². The molecule has 20 heavy (non-hydrogen) atoms. The number of rotatable bonds is 6. The molecule has 3 rings (SSSR count). The molecule has 0 aliphatic heterocycles. The summed E-state index contributed by atoms with van der Waals surface area (Å²) in [6, 6.07) is 0.491. The molecule has 110 valence electrons. The number of aromatic nitrogens is 1. The molecule has 0 spiro atoms. The highest BCUT2D eigenvalue weighted by Gasteiger charge is 2.49. The molecule has 5 nitrogen and oxygen atoms in total. The summed E-state index contributed by atoms with van der Waals surface area (Å²) in [7, 11) is 0. The van der Waals surface area contributed by atoms with Crippen LogP contribution in [0.25, 0.3) is 0 Å². The third-order valence-corrected chi connectivity index (χ3v) is 5.01. The van der Waals surface area contributed by atoms with E-state index in [1.54, 1.807) is 24.2 Å². The highest BCUT2D eigenvalue weighted by molar-refractivity contribution is 7.99. The summed E-state index contributed by atoms with van der Waals surface area (Å²) in [6.07, 6.45) is 8.16. The minimum Gasteiger partial charge on any atom is -0.465 e. The van der Waals surface area contributed by atoms with Crippen LogP contribution in [0.2, 0.25) is 0 Å². The van der Waals surface area contributed by atoms with Crippen LogP contribution >= 0.6 is 11.8 Å². The molecule has 1 N–H and O–H groups in total. The van der Waals surface area contributed by atoms with Gasteiger partial charge in [0.2, 0.25) is 0 Å². The third kappa shape index (κ3) is 3.01. The standard InChI is InChI=1S/C14H20N2O3S/c1-2-18-12(17)14(16-10-3-4-10)6-5-11(9-14)20-13-15-7-8-19-13/h7-8,10-11,16H,2-6,9H2,1H3. The molecule has 0 saturated heterocycles. The fourth-order valence-corrected chi connectivity index (χ4v) is 3.90. The number of esters is 1. The first-order valence-corrected chi connectivity index (χ1v) is 8.11. The summed E-state index contributed by atoms with van der Waals surface area (Å²) < 4.78 is 10.6. The van der Waals surface area contributed by atoms with E-state index in [4.69, 9.17) is 9.15 Å². The Morgan fingerprint density at radius 3 is 3.10 bits per heavy atom. The predicted molar refractivity (Wildman–Crippen MR) is 75.5 cm³/mol. The maximum atomic E-state index is 12.3. The minimum absolute atomic E-state index is 0.0950. The molecule has 0 radical (unpaired) electrons. The SMILES string of the molecule is CCOC(=O)C1(NC2CC2)CCC(Sc2ncco2)C1. The van der Waals surface area contributed by atoms with Crippen LogP contribution in [-0.2, 0) is 9.53 Å². The monoisotopic (exact) mass is 296 g/mol. The molecule has 2 saturated carbocycles. The zero-order valence-corrected chi connectivity index (χ0v) is 12.4. The van der Waals surface area contributed by atoms with Crippen LogP contribution in [0.15, 0.2) is 22.1 Å². The summed E-state index contributed by atoms with van der Waals surface area (Å²) in [5.41, 5.74) is -0.499. The molecule has 2 unspecified atom stereocenters. The molecular weight excluding hydrogens is 276 g/mol. The maximum Gasteiger partial charge on any atom is 0.326 e. The number of ether oxygens (including phenoxy) is 1. The lowest BCUT2D eigenvalue weighted by Gasteiger charge is -2.28. The number of carbonyl (C=O) groups is 1. The second kappa shape index (κ2) is 5.77. The van der Waals surface area contributed by atoms with Gasteiger partial charge in [0.15, 0.2) is 0 Å². The molecule has 0 aromatic carbocycles. The van der Waals surface area contributed by atoms with Gasteiger partial charge in [-0.3, -0.25) is 10.1 Å². The second-order valence-electron chi connectivity index (χ2n) is 5.50. The summed E-state index contributed by atoms with van der Waals surface area (Å²) in [4.78, 5) is 16.5. The Hall–Kier alpha value is -1.01. The number of thioether (sulfide) groups is 1. The molecule has 1 aromatic heterocycles. The van der Waals surface area contributed by atoms with Crippen LogP contribution in [0.1, 0.15) is 39.0 Å². The Balaban J connectivity index is 1.66. The number of carbonyl (C=O) groups excluding carboxylic acids is 1. The van der Waals surface area contributed by atoms with Gasteiger partial charge in [-0.15, -0.1) is 0 Å². The largest absolute Gasteiger partial charge is 0.465 e. The Morgan fingerprint density at radius 2 is 2.45 bits per heavy atom. The maximum absolute atomic E-state index is 12.3. The normalized spacial score (nSPS) is 29.6. The van der Waals surface area contributed by atoms with E-state index in [-0.39, 0.29) is 5.97 Å². The third-order valence-electron chi connectivity index (χ3n) is 3.87. The van der Waals surface area contributed by atoms with E-state index in [9.17, 15) is 4.79 Å². The number of nitrogens with one attached hydrogen (secondary N) is 1. The van der Waals surface area contributed by atoms with E-state index in [0.717, 1.165) is 19.3 Å². The summed E-state index contributed by atoms with van der Waals surface area (Å²) in [5, 5.41) is 4.55. The molecule has 2 aliphatic carbocycles. The highest BCUT2D eigenvalue weighted by atomic mass is 32.2. The van der Waals surface area contributed by atoms with E-state index in [1.807, 2.05) is 6.92 Å². The van der Waals surface area contributed by atoms with Gasteiger partial charge in [0.25, 0.3) is 5.22 Å². The molecule has 1 aromatic rings. The van der Waals surface area contributed by atoms with E-state index < -0.39 is 5.54 Å². The van der Waals surface area contributed by atoms with Crippen LogP contribution in [0.4, 0.5) is 0 Å². The number of hydrogen-bond donors (Lipinski definition) is 1. The molecule has 6 heteroatoms. The first-order chi connectivity index (χ1) is 9.72. The van der Waals surface area contributed by atoms with Crippen LogP contribution in [-0.4, -0.2) is 34.4 Å². The average molecular weight is 296 g/mol. The van der Waals surface area contributed by atoms with Crippen molar-refractivity contribution in [2.75, 3.05) is 6.61 Å². The van der Waals surface area contributed by atoms with Gasteiger partial charge in [-0.25, -0.2) is 4.98 Å². The zero-order valence-electron chi connectivity index (χ0n) is 11.6. The van der Waals surface area contributed by atoms with E-state index in [0.29, 0.717) is 23.1 Å². The summed E-state index contributed by atoms with van der Waals surface area (Å²) in [5.74, 6) is -0.0950. The van der Waals surface area contributed by atoms with Crippen LogP contribution in [0, 0.1) is 0 Å². The van der Waals surface area contributed by atoms with Crippen molar-refractivity contribution in [3.8, 4) is 0 Å². The first kappa shape index (κ1) is 13.9. The molecule has 0 amide bonds. The number of nitrogens with zero attached hydrogens (tertiary/aromatic N) is 1. The van der Waals surface area contributed by atoms with Gasteiger partial charge in [0.05, 0.1) is 12.8 Å². The molecule has 1 heterocycles. The molecule has 0 bridgehead atoms. The van der Waals surface area contributed by atoms with Gasteiger partial charge < -0.3 is 9.15 Å². The van der Waals surface area contributed by atoms with Crippen LogP contribution in [0.3, 0.4) is 0 Å². The van der Waals surface area contributed by atoms with Crippen LogP contribution in [0.5, 0.6) is 0 Å². The number of oxazole rings is 1. The van der Waals surface area contributed by atoms with Gasteiger partial charge in [0, 0.05) is 11.3 Å². The number of hydrogen-bond acceptors (Lipinski definition) is 6. The highest BCUT2D eigenvalue weighted by Crippen LogP contribution is 2.42. The van der Waals surface area contributed by atoms with E-state index in [2.05, 4.69) is 10.3 Å². The lowest BCUT2D eigenvalue weighted by atomic mass is 9.97. The molecule has 2 fully saturated rings. The molecule has 2 aliphatic rings. The lowest BCUT2D eigenvalue weighted by molar-refractivity contribution is -0.151. The fourth-order valence-electron chi connectivity index (χ4n) is 2.77. The Labute approximate surface area is 122 Å². The van der Waals surface area contributed by atoms with Crippen molar-refractivity contribution in [1.82, 2.24) is 10.3 Å². The average Bonchev–Trinajstić information content (AvgIpc) is 2.92. The van der Waals surface area contributed by atoms with Crippen molar-refractivity contribution in [3.05, 3.63) is 12.5 Å². The van der Waals surface area contributed by atoms with Crippen molar-refractivity contribution in [2.45, 2.75) is 61.1 Å². The first-order valence-electron chi connectivity index (χ1n) is 7.23. The second-order valence-corrected chi connectivity index (χ2v) is 6.75.